The third-order valence-electron chi connectivity index (χ3n) is 3.03. The summed E-state index contributed by atoms with van der Waals surface area (Å²) in [5, 5.41) is 3.48. The number of benzene rings is 1. The number of nitrogens with zero attached hydrogens (tertiary/aromatic N) is 1. The molecular formula is C17H30N2. The maximum Gasteiger partial charge on any atom is 0.0230 e. The summed E-state index contributed by atoms with van der Waals surface area (Å²) < 4.78 is 0. The van der Waals surface area contributed by atoms with E-state index in [1.54, 1.807) is 0 Å². The lowest BCUT2D eigenvalue weighted by molar-refractivity contribution is 0.288. The molecule has 0 aliphatic heterocycles. The summed E-state index contributed by atoms with van der Waals surface area (Å²) in [7, 11) is 2.19. The van der Waals surface area contributed by atoms with Gasteiger partial charge >= 0.3 is 0 Å². The van der Waals surface area contributed by atoms with Crippen LogP contribution in [-0.4, -0.2) is 25.0 Å². The van der Waals surface area contributed by atoms with Crippen molar-refractivity contribution in [1.82, 2.24) is 10.2 Å². The number of rotatable bonds is 8. The largest absolute Gasteiger partial charge is 0.312 e. The zero-order valence-corrected chi connectivity index (χ0v) is 13.2. The molecule has 2 heteroatoms. The van der Waals surface area contributed by atoms with E-state index in [0.29, 0.717) is 5.92 Å². The monoisotopic (exact) mass is 262 g/mol. The zero-order chi connectivity index (χ0) is 14.3. The lowest BCUT2D eigenvalue weighted by Crippen LogP contribution is -2.22. The molecule has 1 aromatic carbocycles. The van der Waals surface area contributed by atoms with Crippen LogP contribution >= 0.6 is 0 Å². The fourth-order valence-corrected chi connectivity index (χ4v) is 2.27. The molecule has 0 radical (unpaired) electrons. The Labute approximate surface area is 119 Å². The summed E-state index contributed by atoms with van der Waals surface area (Å²) in [6.45, 7) is 13.2. The van der Waals surface area contributed by atoms with Crippen LogP contribution in [0.2, 0.25) is 0 Å². The summed E-state index contributed by atoms with van der Waals surface area (Å²) in [4.78, 5) is 2.39. The highest BCUT2D eigenvalue weighted by Gasteiger charge is 2.03. The van der Waals surface area contributed by atoms with E-state index in [4.69, 9.17) is 0 Å². The van der Waals surface area contributed by atoms with Crippen molar-refractivity contribution in [3.8, 4) is 0 Å². The van der Waals surface area contributed by atoms with Gasteiger partial charge in [-0.25, -0.2) is 0 Å². The Morgan fingerprint density at radius 1 is 0.947 bits per heavy atom. The van der Waals surface area contributed by atoms with Crippen molar-refractivity contribution in [2.75, 3.05) is 20.1 Å². The lowest BCUT2D eigenvalue weighted by Gasteiger charge is -2.19. The fraction of sp³-hybridized carbons (Fsp3) is 0.647. The molecule has 0 saturated carbocycles. The standard InChI is InChI=1S/C17H30N2/c1-14(2)10-18-11-16-6-8-17(9-7-16)13-19(5)12-15(3)4/h6-9,14-15,18H,10-13H2,1-5H3. The van der Waals surface area contributed by atoms with Crippen LogP contribution < -0.4 is 5.32 Å². The van der Waals surface area contributed by atoms with Crippen molar-refractivity contribution in [1.29, 1.82) is 0 Å². The summed E-state index contributed by atoms with van der Waals surface area (Å²) in [5.74, 6) is 1.44. The fourth-order valence-electron chi connectivity index (χ4n) is 2.27. The van der Waals surface area contributed by atoms with Crippen LogP contribution in [0.3, 0.4) is 0 Å². The van der Waals surface area contributed by atoms with Gasteiger partial charge < -0.3 is 10.2 Å². The SMILES string of the molecule is CC(C)CNCc1ccc(CN(C)CC(C)C)cc1. The zero-order valence-electron chi connectivity index (χ0n) is 13.2. The van der Waals surface area contributed by atoms with Crippen LogP contribution in [0.4, 0.5) is 0 Å². The van der Waals surface area contributed by atoms with E-state index in [1.807, 2.05) is 0 Å². The van der Waals surface area contributed by atoms with Gasteiger partial charge in [0.2, 0.25) is 0 Å². The maximum absolute atomic E-state index is 3.48. The van der Waals surface area contributed by atoms with Crippen molar-refractivity contribution < 1.29 is 0 Å². The first-order valence-electron chi connectivity index (χ1n) is 7.44. The molecule has 0 heterocycles. The Bertz CT molecular complexity index is 341. The van der Waals surface area contributed by atoms with Gasteiger partial charge in [-0.3, -0.25) is 0 Å². The van der Waals surface area contributed by atoms with Crippen molar-refractivity contribution >= 4 is 0 Å². The highest BCUT2D eigenvalue weighted by Crippen LogP contribution is 2.08. The Hall–Kier alpha value is -0.860. The van der Waals surface area contributed by atoms with Crippen molar-refractivity contribution in [2.45, 2.75) is 40.8 Å². The molecule has 108 valence electrons. The molecule has 19 heavy (non-hydrogen) atoms. The molecule has 0 saturated heterocycles. The molecule has 2 nitrogen and oxygen atoms in total. The molecule has 0 fully saturated rings. The molecule has 0 amide bonds. The van der Waals surface area contributed by atoms with Gasteiger partial charge in [0.05, 0.1) is 0 Å². The van der Waals surface area contributed by atoms with E-state index in [-0.39, 0.29) is 0 Å². The Kier molecular flexibility index (Phi) is 7.11. The summed E-state index contributed by atoms with van der Waals surface area (Å²) in [6, 6.07) is 8.99. The topological polar surface area (TPSA) is 15.3 Å². The first-order chi connectivity index (χ1) is 8.97. The van der Waals surface area contributed by atoms with Gasteiger partial charge in [-0.15, -0.1) is 0 Å². The Balaban J connectivity index is 2.38. The Morgan fingerprint density at radius 3 is 2.05 bits per heavy atom. The molecule has 0 spiro atoms. The van der Waals surface area contributed by atoms with Gasteiger partial charge in [0.1, 0.15) is 0 Å². The molecule has 0 aromatic heterocycles. The van der Waals surface area contributed by atoms with E-state index < -0.39 is 0 Å². The van der Waals surface area contributed by atoms with Gasteiger partial charge in [-0.2, -0.15) is 0 Å². The average Bonchev–Trinajstić information content (AvgIpc) is 2.29. The molecule has 1 rings (SSSR count). The highest BCUT2D eigenvalue weighted by molar-refractivity contribution is 5.22. The molecule has 0 aliphatic rings. The van der Waals surface area contributed by atoms with E-state index in [0.717, 1.165) is 32.1 Å². The first-order valence-corrected chi connectivity index (χ1v) is 7.44. The number of hydrogen-bond donors (Lipinski definition) is 1. The average molecular weight is 262 g/mol. The van der Waals surface area contributed by atoms with Crippen LogP contribution in [0.1, 0.15) is 38.8 Å². The summed E-state index contributed by atoms with van der Waals surface area (Å²) in [6.07, 6.45) is 0. The third kappa shape index (κ3) is 7.34. The van der Waals surface area contributed by atoms with E-state index in [2.05, 4.69) is 69.2 Å². The summed E-state index contributed by atoms with van der Waals surface area (Å²) in [5.41, 5.74) is 2.77. The number of nitrogens with one attached hydrogen (secondary N) is 1. The van der Waals surface area contributed by atoms with Crippen molar-refractivity contribution in [2.24, 2.45) is 11.8 Å². The Morgan fingerprint density at radius 2 is 1.53 bits per heavy atom. The van der Waals surface area contributed by atoms with Gasteiger partial charge in [-0.05, 0) is 36.6 Å². The molecule has 0 aliphatic carbocycles. The second-order valence-electron chi connectivity index (χ2n) is 6.43. The first kappa shape index (κ1) is 16.2. The predicted molar refractivity (Wildman–Crippen MR) is 84.2 cm³/mol. The quantitative estimate of drug-likeness (QED) is 0.771. The van der Waals surface area contributed by atoms with E-state index in [1.165, 1.54) is 11.1 Å². The van der Waals surface area contributed by atoms with Gasteiger partial charge in [-0.1, -0.05) is 52.0 Å². The highest BCUT2D eigenvalue weighted by atomic mass is 15.1. The van der Waals surface area contributed by atoms with Crippen LogP contribution in [0.25, 0.3) is 0 Å². The van der Waals surface area contributed by atoms with E-state index >= 15 is 0 Å². The second-order valence-corrected chi connectivity index (χ2v) is 6.43. The van der Waals surface area contributed by atoms with Crippen molar-refractivity contribution in [3.63, 3.8) is 0 Å². The minimum Gasteiger partial charge on any atom is -0.312 e. The molecular weight excluding hydrogens is 232 g/mol. The summed E-state index contributed by atoms with van der Waals surface area (Å²) >= 11 is 0. The molecule has 0 unspecified atom stereocenters. The lowest BCUT2D eigenvalue weighted by atomic mass is 10.1. The molecule has 1 N–H and O–H groups in total. The van der Waals surface area contributed by atoms with Gasteiger partial charge in [0.25, 0.3) is 0 Å². The number of hydrogen-bond acceptors (Lipinski definition) is 2. The smallest absolute Gasteiger partial charge is 0.0230 e. The van der Waals surface area contributed by atoms with E-state index in [9.17, 15) is 0 Å². The maximum atomic E-state index is 3.48. The normalized spacial score (nSPS) is 11.8. The van der Waals surface area contributed by atoms with Gasteiger partial charge in [0.15, 0.2) is 0 Å². The minimum atomic E-state index is 0.712. The predicted octanol–water partition coefficient (Wildman–Crippen LogP) is 3.52. The van der Waals surface area contributed by atoms with Crippen LogP contribution in [0, 0.1) is 11.8 Å². The third-order valence-corrected chi connectivity index (χ3v) is 3.03. The molecule has 0 atom stereocenters. The van der Waals surface area contributed by atoms with Crippen molar-refractivity contribution in [3.05, 3.63) is 35.4 Å². The van der Waals surface area contributed by atoms with Crippen LogP contribution in [0.5, 0.6) is 0 Å². The molecule has 1 aromatic rings. The molecule has 0 bridgehead atoms. The second kappa shape index (κ2) is 8.34. The van der Waals surface area contributed by atoms with Crippen LogP contribution in [-0.2, 0) is 13.1 Å². The van der Waals surface area contributed by atoms with Crippen LogP contribution in [0.15, 0.2) is 24.3 Å². The van der Waals surface area contributed by atoms with Gasteiger partial charge in [0, 0.05) is 19.6 Å². The minimum absolute atomic E-state index is 0.712.